The van der Waals surface area contributed by atoms with Crippen molar-refractivity contribution in [2.45, 2.75) is 31.9 Å². The molecule has 0 aliphatic carbocycles. The molecule has 1 aromatic rings. The Balaban J connectivity index is 1.96. The summed E-state index contributed by atoms with van der Waals surface area (Å²) in [4.78, 5) is 2.37. The first-order valence-corrected chi connectivity index (χ1v) is 8.03. The van der Waals surface area contributed by atoms with E-state index in [0.29, 0.717) is 11.4 Å². The number of halogens is 2. The Bertz CT molecular complexity index is 467. The van der Waals surface area contributed by atoms with E-state index in [9.17, 15) is 5.11 Å². The summed E-state index contributed by atoms with van der Waals surface area (Å²) in [5.74, 6) is 0. The van der Waals surface area contributed by atoms with Crippen molar-refractivity contribution in [3.05, 3.63) is 33.3 Å². The fourth-order valence-electron chi connectivity index (χ4n) is 2.51. The molecule has 0 aromatic heterocycles. The first kappa shape index (κ1) is 16.2. The van der Waals surface area contributed by atoms with Gasteiger partial charge in [-0.1, -0.05) is 33.6 Å². The Morgan fingerprint density at radius 1 is 1.50 bits per heavy atom. The Kier molecular flexibility index (Phi) is 5.49. The summed E-state index contributed by atoms with van der Waals surface area (Å²) < 4.78 is 6.43. The number of benzene rings is 1. The summed E-state index contributed by atoms with van der Waals surface area (Å²) in [7, 11) is 0. The molecule has 1 aliphatic rings. The molecule has 1 heterocycles. The monoisotopic (exact) mass is 361 g/mol. The van der Waals surface area contributed by atoms with Gasteiger partial charge in [-0.25, -0.2) is 0 Å². The SMILES string of the molecule is CC1(C)COCCN1CCC(O)c1ccc(Br)cc1Cl. The summed E-state index contributed by atoms with van der Waals surface area (Å²) in [5, 5.41) is 10.9. The third-order valence-corrected chi connectivity index (χ3v) is 4.63. The van der Waals surface area contributed by atoms with E-state index in [4.69, 9.17) is 16.3 Å². The first-order valence-electron chi connectivity index (χ1n) is 6.86. The highest BCUT2D eigenvalue weighted by Crippen LogP contribution is 2.29. The number of morpholine rings is 1. The van der Waals surface area contributed by atoms with Crippen molar-refractivity contribution in [3.8, 4) is 0 Å². The van der Waals surface area contributed by atoms with Gasteiger partial charge in [0.2, 0.25) is 0 Å². The second-order valence-electron chi connectivity index (χ2n) is 5.82. The van der Waals surface area contributed by atoms with Crippen LogP contribution in [0.25, 0.3) is 0 Å². The van der Waals surface area contributed by atoms with Crippen molar-refractivity contribution in [3.63, 3.8) is 0 Å². The summed E-state index contributed by atoms with van der Waals surface area (Å²) >= 11 is 9.55. The molecule has 0 spiro atoms. The van der Waals surface area contributed by atoms with Crippen LogP contribution in [0.4, 0.5) is 0 Å². The first-order chi connectivity index (χ1) is 9.40. The Hall–Kier alpha value is -0.130. The highest BCUT2D eigenvalue weighted by Gasteiger charge is 2.30. The number of ether oxygens (including phenoxy) is 1. The summed E-state index contributed by atoms with van der Waals surface area (Å²) in [6.07, 6.45) is 0.138. The van der Waals surface area contributed by atoms with Gasteiger partial charge in [-0.3, -0.25) is 4.90 Å². The van der Waals surface area contributed by atoms with Crippen LogP contribution in [0.3, 0.4) is 0 Å². The summed E-state index contributed by atoms with van der Waals surface area (Å²) in [6.45, 7) is 7.59. The molecule has 1 saturated heterocycles. The van der Waals surface area contributed by atoms with Crippen molar-refractivity contribution in [1.82, 2.24) is 4.90 Å². The third kappa shape index (κ3) is 3.95. The van der Waals surface area contributed by atoms with Crippen molar-refractivity contribution in [2.75, 3.05) is 26.3 Å². The third-order valence-electron chi connectivity index (χ3n) is 3.81. The molecule has 20 heavy (non-hydrogen) atoms. The molecule has 5 heteroatoms. The van der Waals surface area contributed by atoms with Crippen molar-refractivity contribution < 1.29 is 9.84 Å². The molecular formula is C15H21BrClNO2. The highest BCUT2D eigenvalue weighted by molar-refractivity contribution is 9.10. The molecular weight excluding hydrogens is 342 g/mol. The summed E-state index contributed by atoms with van der Waals surface area (Å²) in [6, 6.07) is 5.60. The molecule has 1 aliphatic heterocycles. The molecule has 0 radical (unpaired) electrons. The average molecular weight is 363 g/mol. The van der Waals surface area contributed by atoms with Crippen LogP contribution in [0.15, 0.2) is 22.7 Å². The number of hydrogen-bond donors (Lipinski definition) is 1. The summed E-state index contributed by atoms with van der Waals surface area (Å²) in [5.41, 5.74) is 0.822. The predicted octanol–water partition coefficient (Wildman–Crippen LogP) is 3.64. The van der Waals surface area contributed by atoms with Crippen molar-refractivity contribution >= 4 is 27.5 Å². The largest absolute Gasteiger partial charge is 0.388 e. The van der Waals surface area contributed by atoms with Gasteiger partial charge in [-0.2, -0.15) is 0 Å². The van der Waals surface area contributed by atoms with Crippen LogP contribution in [0, 0.1) is 0 Å². The van der Waals surface area contributed by atoms with Crippen LogP contribution >= 0.6 is 27.5 Å². The van der Waals surface area contributed by atoms with Gasteiger partial charge in [-0.05, 0) is 38.0 Å². The Labute approximate surface area is 134 Å². The zero-order chi connectivity index (χ0) is 14.8. The molecule has 2 rings (SSSR count). The molecule has 1 unspecified atom stereocenters. The van der Waals surface area contributed by atoms with Gasteiger partial charge >= 0.3 is 0 Å². The van der Waals surface area contributed by atoms with Gasteiger partial charge in [0.05, 0.1) is 19.3 Å². The van der Waals surface area contributed by atoms with Crippen LogP contribution < -0.4 is 0 Å². The van der Waals surface area contributed by atoms with E-state index in [0.717, 1.165) is 36.3 Å². The minimum atomic E-state index is -0.533. The van der Waals surface area contributed by atoms with Crippen LogP contribution in [0.1, 0.15) is 31.9 Å². The Morgan fingerprint density at radius 3 is 2.90 bits per heavy atom. The zero-order valence-corrected chi connectivity index (χ0v) is 14.2. The molecule has 112 valence electrons. The van der Waals surface area contributed by atoms with Crippen LogP contribution in [-0.4, -0.2) is 41.8 Å². The van der Waals surface area contributed by atoms with Crippen LogP contribution in [0.2, 0.25) is 5.02 Å². The quantitative estimate of drug-likeness (QED) is 0.887. The topological polar surface area (TPSA) is 32.7 Å². The lowest BCUT2D eigenvalue weighted by molar-refractivity contribution is -0.0552. The lowest BCUT2D eigenvalue weighted by Gasteiger charge is -2.42. The molecule has 0 bridgehead atoms. The van der Waals surface area contributed by atoms with E-state index < -0.39 is 6.10 Å². The lowest BCUT2D eigenvalue weighted by Crippen LogP contribution is -2.53. The van der Waals surface area contributed by atoms with Gasteiger partial charge in [-0.15, -0.1) is 0 Å². The smallest absolute Gasteiger partial charge is 0.0816 e. The maximum atomic E-state index is 10.3. The lowest BCUT2D eigenvalue weighted by atomic mass is 10.0. The standard InChI is InChI=1S/C15H21BrClNO2/c1-15(2)10-20-8-7-18(15)6-5-14(19)12-4-3-11(16)9-13(12)17/h3-4,9,14,19H,5-8,10H2,1-2H3. The Morgan fingerprint density at radius 2 is 2.25 bits per heavy atom. The molecule has 0 saturated carbocycles. The van der Waals surface area contributed by atoms with Gasteiger partial charge in [0.15, 0.2) is 0 Å². The maximum Gasteiger partial charge on any atom is 0.0816 e. The van der Waals surface area contributed by atoms with E-state index in [-0.39, 0.29) is 5.54 Å². The minimum Gasteiger partial charge on any atom is -0.388 e. The number of aliphatic hydroxyl groups is 1. The molecule has 1 N–H and O–H groups in total. The average Bonchev–Trinajstić information content (AvgIpc) is 2.36. The molecule has 0 amide bonds. The van der Waals surface area contributed by atoms with Crippen molar-refractivity contribution in [2.24, 2.45) is 0 Å². The molecule has 3 nitrogen and oxygen atoms in total. The van der Waals surface area contributed by atoms with Crippen LogP contribution in [0.5, 0.6) is 0 Å². The number of rotatable bonds is 4. The second kappa shape index (κ2) is 6.75. The highest BCUT2D eigenvalue weighted by atomic mass is 79.9. The zero-order valence-electron chi connectivity index (χ0n) is 11.9. The molecule has 1 aromatic carbocycles. The van der Waals surface area contributed by atoms with Gasteiger partial charge in [0, 0.05) is 28.1 Å². The normalized spacial score (nSPS) is 20.9. The van der Waals surface area contributed by atoms with E-state index in [1.807, 2.05) is 18.2 Å². The number of nitrogens with zero attached hydrogens (tertiary/aromatic N) is 1. The van der Waals surface area contributed by atoms with Gasteiger partial charge < -0.3 is 9.84 Å². The fraction of sp³-hybridized carbons (Fsp3) is 0.600. The minimum absolute atomic E-state index is 0.0292. The van der Waals surface area contributed by atoms with Gasteiger partial charge in [0.1, 0.15) is 0 Å². The van der Waals surface area contributed by atoms with E-state index in [1.165, 1.54) is 0 Å². The van der Waals surface area contributed by atoms with Gasteiger partial charge in [0.25, 0.3) is 0 Å². The van der Waals surface area contributed by atoms with E-state index >= 15 is 0 Å². The van der Waals surface area contributed by atoms with Crippen molar-refractivity contribution in [1.29, 1.82) is 0 Å². The molecule has 1 fully saturated rings. The second-order valence-corrected chi connectivity index (χ2v) is 7.15. The number of aliphatic hydroxyl groups excluding tert-OH is 1. The molecule has 1 atom stereocenters. The van der Waals surface area contributed by atoms with E-state index in [2.05, 4.69) is 34.7 Å². The number of hydrogen-bond acceptors (Lipinski definition) is 3. The predicted molar refractivity (Wildman–Crippen MR) is 85.2 cm³/mol. The van der Waals surface area contributed by atoms with E-state index in [1.54, 1.807) is 0 Å². The maximum absolute atomic E-state index is 10.3. The fourth-order valence-corrected chi connectivity index (χ4v) is 3.31. The van der Waals surface area contributed by atoms with Crippen LogP contribution in [-0.2, 0) is 4.74 Å².